The minimum atomic E-state index is -3.91. The summed E-state index contributed by atoms with van der Waals surface area (Å²) >= 11 is 0. The van der Waals surface area contributed by atoms with Crippen molar-refractivity contribution in [3.8, 4) is 5.75 Å². The highest BCUT2D eigenvalue weighted by molar-refractivity contribution is 7.89. The number of hydrogen-bond acceptors (Lipinski definition) is 4. The van der Waals surface area contributed by atoms with Crippen LogP contribution in [-0.4, -0.2) is 31.8 Å². The van der Waals surface area contributed by atoms with Gasteiger partial charge in [0.2, 0.25) is 10.0 Å². The minimum Gasteiger partial charge on any atom is -0.492 e. The van der Waals surface area contributed by atoms with Gasteiger partial charge in [-0.2, -0.15) is 4.31 Å². The molecule has 3 aromatic carbocycles. The van der Waals surface area contributed by atoms with E-state index in [0.29, 0.717) is 31.0 Å². The van der Waals surface area contributed by atoms with Gasteiger partial charge in [0, 0.05) is 13.1 Å². The van der Waals surface area contributed by atoms with Gasteiger partial charge in [0.15, 0.2) is 0 Å². The summed E-state index contributed by atoms with van der Waals surface area (Å²) < 4.78 is 47.8. The van der Waals surface area contributed by atoms with Crippen molar-refractivity contribution < 1.29 is 22.3 Å². The number of nitrogens with one attached hydrogen (secondary N) is 1. The number of hydrogen-bond donors (Lipinski definition) is 1. The fourth-order valence-corrected chi connectivity index (χ4v) is 5.15. The normalized spacial score (nSPS) is 13.9. The Morgan fingerprint density at radius 1 is 1.06 bits per heavy atom. The Morgan fingerprint density at radius 2 is 1.78 bits per heavy atom. The average molecular weight is 455 g/mol. The van der Waals surface area contributed by atoms with E-state index in [-0.39, 0.29) is 17.0 Å². The number of para-hydroxylation sites is 2. The number of amides is 1. The highest BCUT2D eigenvalue weighted by Gasteiger charge is 2.29. The number of anilines is 1. The van der Waals surface area contributed by atoms with Gasteiger partial charge in [-0.25, -0.2) is 12.8 Å². The third kappa shape index (κ3) is 4.37. The number of sulfonamides is 1. The highest BCUT2D eigenvalue weighted by Crippen LogP contribution is 2.28. The summed E-state index contributed by atoms with van der Waals surface area (Å²) in [6.07, 6.45) is 0.595. The molecule has 6 nitrogen and oxygen atoms in total. The fraction of sp³-hybridized carbons (Fsp3) is 0.208. The van der Waals surface area contributed by atoms with Gasteiger partial charge in [-0.3, -0.25) is 4.79 Å². The molecule has 0 unspecified atom stereocenters. The molecule has 1 aliphatic rings. The van der Waals surface area contributed by atoms with E-state index in [2.05, 4.69) is 5.32 Å². The van der Waals surface area contributed by atoms with Crippen molar-refractivity contribution in [1.82, 2.24) is 4.31 Å². The molecular formula is C24H23FN2O4S. The molecule has 32 heavy (non-hydrogen) atoms. The van der Waals surface area contributed by atoms with Crippen molar-refractivity contribution in [2.24, 2.45) is 0 Å². The summed E-state index contributed by atoms with van der Waals surface area (Å²) in [7, 11) is -3.91. The van der Waals surface area contributed by atoms with Gasteiger partial charge in [0.1, 0.15) is 11.6 Å². The van der Waals surface area contributed by atoms with Crippen LogP contribution in [0.3, 0.4) is 0 Å². The van der Waals surface area contributed by atoms with Crippen LogP contribution in [0, 0.1) is 5.82 Å². The Bertz CT molecular complexity index is 1260. The summed E-state index contributed by atoms with van der Waals surface area (Å²) in [6, 6.07) is 17.8. The number of carbonyl (C=O) groups is 1. The molecular weight excluding hydrogens is 431 g/mol. The molecule has 1 heterocycles. The minimum absolute atomic E-state index is 0.124. The largest absolute Gasteiger partial charge is 0.492 e. The van der Waals surface area contributed by atoms with Gasteiger partial charge in [0.25, 0.3) is 5.91 Å². The lowest BCUT2D eigenvalue weighted by molar-refractivity contribution is 0.102. The van der Waals surface area contributed by atoms with E-state index in [0.717, 1.165) is 23.3 Å². The molecule has 0 saturated carbocycles. The number of benzene rings is 3. The summed E-state index contributed by atoms with van der Waals surface area (Å²) in [6.45, 7) is 2.76. The molecule has 0 atom stereocenters. The van der Waals surface area contributed by atoms with E-state index in [9.17, 15) is 17.6 Å². The summed E-state index contributed by atoms with van der Waals surface area (Å²) in [4.78, 5) is 12.7. The zero-order valence-electron chi connectivity index (χ0n) is 17.5. The molecule has 0 radical (unpaired) electrons. The van der Waals surface area contributed by atoms with Crippen molar-refractivity contribution >= 4 is 21.6 Å². The van der Waals surface area contributed by atoms with Gasteiger partial charge >= 0.3 is 0 Å². The van der Waals surface area contributed by atoms with Crippen LogP contribution in [0.2, 0.25) is 0 Å². The zero-order valence-corrected chi connectivity index (χ0v) is 18.4. The first-order valence-corrected chi connectivity index (χ1v) is 11.7. The molecule has 4 rings (SSSR count). The molecule has 0 fully saturated rings. The second-order valence-corrected chi connectivity index (χ2v) is 9.32. The lowest BCUT2D eigenvalue weighted by Crippen LogP contribution is -2.36. The quantitative estimate of drug-likeness (QED) is 0.605. The van der Waals surface area contributed by atoms with Crippen LogP contribution in [0.15, 0.2) is 71.6 Å². The number of halogens is 1. The number of nitrogens with zero attached hydrogens (tertiary/aromatic N) is 1. The van der Waals surface area contributed by atoms with E-state index in [1.807, 2.05) is 31.2 Å². The van der Waals surface area contributed by atoms with E-state index in [1.165, 1.54) is 10.4 Å². The van der Waals surface area contributed by atoms with Crippen molar-refractivity contribution in [2.75, 3.05) is 18.5 Å². The molecule has 8 heteroatoms. The molecule has 0 aromatic heterocycles. The lowest BCUT2D eigenvalue weighted by atomic mass is 10.0. The van der Waals surface area contributed by atoms with Gasteiger partial charge in [-0.1, -0.05) is 36.4 Å². The Hall–Kier alpha value is -3.23. The molecule has 1 amide bonds. The maximum Gasteiger partial charge on any atom is 0.258 e. The maximum absolute atomic E-state index is 14.5. The molecule has 0 aliphatic carbocycles. The van der Waals surface area contributed by atoms with Crippen molar-refractivity contribution in [1.29, 1.82) is 0 Å². The molecule has 3 aromatic rings. The third-order valence-corrected chi connectivity index (χ3v) is 7.19. The topological polar surface area (TPSA) is 75.7 Å². The number of fused-ring (bicyclic) bond motifs is 1. The molecule has 166 valence electrons. The van der Waals surface area contributed by atoms with Crippen LogP contribution in [0.5, 0.6) is 5.75 Å². The maximum atomic E-state index is 14.5. The zero-order chi connectivity index (χ0) is 22.7. The first kappa shape index (κ1) is 22.0. The van der Waals surface area contributed by atoms with E-state index in [4.69, 9.17) is 4.74 Å². The van der Waals surface area contributed by atoms with Crippen LogP contribution >= 0.6 is 0 Å². The predicted molar refractivity (Wildman–Crippen MR) is 120 cm³/mol. The van der Waals surface area contributed by atoms with Crippen molar-refractivity contribution in [3.05, 3.63) is 89.2 Å². The van der Waals surface area contributed by atoms with Crippen LogP contribution in [0.4, 0.5) is 10.1 Å². The van der Waals surface area contributed by atoms with Crippen LogP contribution in [0.25, 0.3) is 0 Å². The van der Waals surface area contributed by atoms with Gasteiger partial charge < -0.3 is 10.1 Å². The van der Waals surface area contributed by atoms with E-state index >= 15 is 0 Å². The first-order valence-electron chi connectivity index (χ1n) is 10.3. The van der Waals surface area contributed by atoms with Crippen LogP contribution in [0.1, 0.15) is 28.4 Å². The molecule has 0 spiro atoms. The molecule has 1 aliphatic heterocycles. The number of ether oxygens (including phenoxy) is 1. The number of rotatable bonds is 6. The Labute approximate surface area is 186 Å². The Morgan fingerprint density at radius 3 is 2.56 bits per heavy atom. The second kappa shape index (κ2) is 9.10. The van der Waals surface area contributed by atoms with Crippen LogP contribution in [-0.2, 0) is 23.0 Å². The third-order valence-electron chi connectivity index (χ3n) is 5.35. The summed E-state index contributed by atoms with van der Waals surface area (Å²) in [5.41, 5.74) is 2.08. The molecule has 0 bridgehead atoms. The highest BCUT2D eigenvalue weighted by atomic mass is 32.2. The van der Waals surface area contributed by atoms with Crippen molar-refractivity contribution in [3.63, 3.8) is 0 Å². The monoisotopic (exact) mass is 454 g/mol. The van der Waals surface area contributed by atoms with E-state index in [1.54, 1.807) is 24.3 Å². The van der Waals surface area contributed by atoms with Gasteiger partial charge in [-0.05, 0) is 54.8 Å². The lowest BCUT2D eigenvalue weighted by Gasteiger charge is -2.28. The predicted octanol–water partition coefficient (Wildman–Crippen LogP) is 4.22. The molecule has 0 saturated heterocycles. The van der Waals surface area contributed by atoms with E-state index < -0.39 is 21.7 Å². The smallest absolute Gasteiger partial charge is 0.258 e. The SMILES string of the molecule is CCOc1ccccc1NC(=O)c1cc(S(=O)(=O)N2CCc3ccccc3C2)ccc1F. The summed E-state index contributed by atoms with van der Waals surface area (Å²) in [5.74, 6) is -1.12. The first-order chi connectivity index (χ1) is 15.4. The molecule has 1 N–H and O–H groups in total. The van der Waals surface area contributed by atoms with Crippen LogP contribution < -0.4 is 10.1 Å². The van der Waals surface area contributed by atoms with Crippen molar-refractivity contribution in [2.45, 2.75) is 24.8 Å². The average Bonchev–Trinajstić information content (AvgIpc) is 2.80. The Balaban J connectivity index is 1.61. The van der Waals surface area contributed by atoms with Gasteiger partial charge in [-0.15, -0.1) is 0 Å². The fourth-order valence-electron chi connectivity index (χ4n) is 3.70. The van der Waals surface area contributed by atoms with Gasteiger partial charge in [0.05, 0.1) is 22.8 Å². The second-order valence-electron chi connectivity index (χ2n) is 7.38. The number of carbonyl (C=O) groups excluding carboxylic acids is 1. The Kier molecular flexibility index (Phi) is 6.25. The summed E-state index contributed by atoms with van der Waals surface area (Å²) in [5, 5.41) is 2.61. The standard InChI is InChI=1S/C24H23FN2O4S/c1-2-31-23-10-6-5-9-22(23)26-24(28)20-15-19(11-12-21(20)25)32(29,30)27-14-13-17-7-3-4-8-18(17)16-27/h3-12,15H,2,13-14,16H2,1H3,(H,26,28).